The number of fused-ring (bicyclic) bond motifs is 1. The highest BCUT2D eigenvalue weighted by molar-refractivity contribution is 7.89. The summed E-state index contributed by atoms with van der Waals surface area (Å²) in [6, 6.07) is 11.7. The highest BCUT2D eigenvalue weighted by Crippen LogP contribution is 2.26. The van der Waals surface area contributed by atoms with Gasteiger partial charge in [-0.25, -0.2) is 8.42 Å². The zero-order chi connectivity index (χ0) is 22.0. The predicted molar refractivity (Wildman–Crippen MR) is 124 cm³/mol. The van der Waals surface area contributed by atoms with Gasteiger partial charge in [-0.2, -0.15) is 9.30 Å². The third-order valence-corrected chi connectivity index (χ3v) is 8.61. The topological polar surface area (TPSA) is 71.7 Å². The van der Waals surface area contributed by atoms with Gasteiger partial charge in [0.2, 0.25) is 10.0 Å². The Kier molecular flexibility index (Phi) is 6.62. The summed E-state index contributed by atoms with van der Waals surface area (Å²) in [6.45, 7) is 3.85. The van der Waals surface area contributed by atoms with Crippen molar-refractivity contribution in [3.05, 3.63) is 57.9 Å². The fourth-order valence-corrected chi connectivity index (χ4v) is 6.71. The van der Waals surface area contributed by atoms with E-state index in [2.05, 4.69) is 11.9 Å². The number of benzene rings is 2. The minimum Gasteiger partial charge on any atom is -0.315 e. The quantitative estimate of drug-likeness (QED) is 0.535. The Balaban J connectivity index is 1.66. The second kappa shape index (κ2) is 9.24. The monoisotopic (exact) mass is 477 g/mol. The summed E-state index contributed by atoms with van der Waals surface area (Å²) in [4.78, 5) is 18.0. The van der Waals surface area contributed by atoms with Crippen molar-refractivity contribution in [3.63, 3.8) is 0 Å². The van der Waals surface area contributed by atoms with Crippen LogP contribution in [0, 0.1) is 0 Å². The van der Waals surface area contributed by atoms with E-state index < -0.39 is 15.9 Å². The second-order valence-electron chi connectivity index (χ2n) is 7.53. The number of carbonyl (C=O) groups excluding carboxylic acids is 1. The summed E-state index contributed by atoms with van der Waals surface area (Å²) >= 11 is 7.80. The molecule has 31 heavy (non-hydrogen) atoms. The standard InChI is InChI=1S/C22H24ClN3O3S2/c1-2-13-26-20-18(23)7-6-8-19(20)30-22(26)24-21(27)16-9-11-17(12-10-16)31(28,29)25-14-4-3-5-15-25/h6-12H,2-5,13-15H2,1H3. The lowest BCUT2D eigenvalue weighted by Gasteiger charge is -2.25. The lowest BCUT2D eigenvalue weighted by atomic mass is 10.2. The van der Waals surface area contributed by atoms with Gasteiger partial charge in [0.15, 0.2) is 4.80 Å². The van der Waals surface area contributed by atoms with Crippen LogP contribution in [0.4, 0.5) is 0 Å². The first-order valence-electron chi connectivity index (χ1n) is 10.4. The number of thiazole rings is 1. The van der Waals surface area contributed by atoms with E-state index in [0.29, 0.717) is 35.0 Å². The van der Waals surface area contributed by atoms with Crippen molar-refractivity contribution in [2.24, 2.45) is 4.99 Å². The molecule has 1 amide bonds. The van der Waals surface area contributed by atoms with Gasteiger partial charge in [-0.3, -0.25) is 4.79 Å². The molecule has 0 spiro atoms. The number of rotatable bonds is 5. The van der Waals surface area contributed by atoms with Gasteiger partial charge >= 0.3 is 0 Å². The van der Waals surface area contributed by atoms with E-state index in [-0.39, 0.29) is 4.90 Å². The maximum absolute atomic E-state index is 12.8. The number of hydrogen-bond donors (Lipinski definition) is 0. The lowest BCUT2D eigenvalue weighted by Crippen LogP contribution is -2.35. The molecule has 0 saturated carbocycles. The van der Waals surface area contributed by atoms with Gasteiger partial charge in [-0.15, -0.1) is 0 Å². The van der Waals surface area contributed by atoms with Gasteiger partial charge in [-0.05, 0) is 55.7 Å². The molecule has 3 aromatic rings. The van der Waals surface area contributed by atoms with Crippen LogP contribution in [-0.2, 0) is 16.6 Å². The van der Waals surface area contributed by atoms with Crippen molar-refractivity contribution in [2.75, 3.05) is 13.1 Å². The SMILES string of the molecule is CCCn1c(=NC(=O)c2ccc(S(=O)(=O)N3CCCCC3)cc2)sc2cccc(Cl)c21. The molecule has 0 radical (unpaired) electrons. The first-order valence-corrected chi connectivity index (χ1v) is 13.0. The molecule has 6 nitrogen and oxygen atoms in total. The molecule has 9 heteroatoms. The van der Waals surface area contributed by atoms with Crippen molar-refractivity contribution in [1.29, 1.82) is 0 Å². The van der Waals surface area contributed by atoms with Crippen LogP contribution in [0.25, 0.3) is 10.2 Å². The van der Waals surface area contributed by atoms with Crippen LogP contribution >= 0.6 is 22.9 Å². The van der Waals surface area contributed by atoms with Gasteiger partial charge in [0.1, 0.15) is 0 Å². The molecule has 1 fully saturated rings. The normalized spacial score (nSPS) is 16.1. The molecule has 0 bridgehead atoms. The van der Waals surface area contributed by atoms with Gasteiger partial charge in [-0.1, -0.05) is 42.3 Å². The molecule has 1 aromatic heterocycles. The number of hydrogen-bond acceptors (Lipinski definition) is 4. The Morgan fingerprint density at radius 1 is 1.10 bits per heavy atom. The minimum absolute atomic E-state index is 0.209. The average molecular weight is 478 g/mol. The first kappa shape index (κ1) is 22.2. The molecular formula is C22H24ClN3O3S2. The van der Waals surface area contributed by atoms with Crippen LogP contribution in [-0.4, -0.2) is 36.3 Å². The van der Waals surface area contributed by atoms with Gasteiger partial charge in [0.25, 0.3) is 5.91 Å². The molecule has 4 rings (SSSR count). The third-order valence-electron chi connectivity index (χ3n) is 5.35. The fourth-order valence-electron chi connectivity index (χ4n) is 3.78. The summed E-state index contributed by atoms with van der Waals surface area (Å²) in [7, 11) is -3.52. The number of sulfonamides is 1. The van der Waals surface area contributed by atoms with Crippen LogP contribution in [0.3, 0.4) is 0 Å². The molecule has 1 aliphatic heterocycles. The predicted octanol–water partition coefficient (Wildman–Crippen LogP) is 4.68. The maximum Gasteiger partial charge on any atom is 0.279 e. The van der Waals surface area contributed by atoms with Crippen molar-refractivity contribution in [3.8, 4) is 0 Å². The van der Waals surface area contributed by atoms with Crippen molar-refractivity contribution in [2.45, 2.75) is 44.0 Å². The smallest absolute Gasteiger partial charge is 0.279 e. The van der Waals surface area contributed by atoms with E-state index in [1.807, 2.05) is 22.8 Å². The van der Waals surface area contributed by atoms with Crippen molar-refractivity contribution < 1.29 is 13.2 Å². The van der Waals surface area contributed by atoms with Gasteiger partial charge in [0, 0.05) is 25.2 Å². The number of aromatic nitrogens is 1. The molecule has 0 atom stereocenters. The molecular weight excluding hydrogens is 454 g/mol. The zero-order valence-corrected chi connectivity index (χ0v) is 19.6. The molecule has 2 heterocycles. The van der Waals surface area contributed by atoms with E-state index in [4.69, 9.17) is 11.6 Å². The van der Waals surface area contributed by atoms with E-state index >= 15 is 0 Å². The number of piperidine rings is 1. The molecule has 2 aromatic carbocycles. The highest BCUT2D eigenvalue weighted by atomic mass is 35.5. The number of halogens is 1. The second-order valence-corrected chi connectivity index (χ2v) is 10.9. The zero-order valence-electron chi connectivity index (χ0n) is 17.3. The molecule has 0 N–H and O–H groups in total. The molecule has 0 aliphatic carbocycles. The first-order chi connectivity index (χ1) is 14.9. The Morgan fingerprint density at radius 2 is 1.81 bits per heavy atom. The molecule has 164 valence electrons. The fraction of sp³-hybridized carbons (Fsp3) is 0.364. The van der Waals surface area contributed by atoms with Crippen LogP contribution in [0.1, 0.15) is 43.0 Å². The van der Waals surface area contributed by atoms with E-state index in [9.17, 15) is 13.2 Å². The molecule has 1 aliphatic rings. The van der Waals surface area contributed by atoms with Crippen LogP contribution in [0.2, 0.25) is 5.02 Å². The van der Waals surface area contributed by atoms with E-state index in [1.165, 1.54) is 39.9 Å². The Bertz CT molecular complexity index is 1270. The Hall–Kier alpha value is -2.00. The average Bonchev–Trinajstić information content (AvgIpc) is 3.13. The summed E-state index contributed by atoms with van der Waals surface area (Å²) in [5.74, 6) is -0.408. The third kappa shape index (κ3) is 4.48. The number of amides is 1. The lowest BCUT2D eigenvalue weighted by molar-refractivity contribution is 0.0997. The Labute approximate surface area is 190 Å². The van der Waals surface area contributed by atoms with Gasteiger partial charge < -0.3 is 4.57 Å². The molecule has 1 saturated heterocycles. The highest BCUT2D eigenvalue weighted by Gasteiger charge is 2.26. The van der Waals surface area contributed by atoms with Crippen LogP contribution in [0.5, 0.6) is 0 Å². The summed E-state index contributed by atoms with van der Waals surface area (Å²) < 4.78 is 30.1. The van der Waals surface area contributed by atoms with Crippen molar-refractivity contribution in [1.82, 2.24) is 8.87 Å². The molecule has 0 unspecified atom stereocenters. The largest absolute Gasteiger partial charge is 0.315 e. The summed E-state index contributed by atoms with van der Waals surface area (Å²) in [5, 5.41) is 0.628. The number of aryl methyl sites for hydroxylation is 1. The summed E-state index contributed by atoms with van der Waals surface area (Å²) in [5.41, 5.74) is 1.23. The van der Waals surface area contributed by atoms with Crippen LogP contribution in [0.15, 0.2) is 52.4 Å². The van der Waals surface area contributed by atoms with E-state index in [0.717, 1.165) is 35.9 Å². The maximum atomic E-state index is 12.8. The van der Waals surface area contributed by atoms with Crippen LogP contribution < -0.4 is 4.80 Å². The Morgan fingerprint density at radius 3 is 2.48 bits per heavy atom. The number of nitrogens with zero attached hydrogens (tertiary/aromatic N) is 3. The van der Waals surface area contributed by atoms with Gasteiger partial charge in [0.05, 0.1) is 20.1 Å². The van der Waals surface area contributed by atoms with Crippen molar-refractivity contribution >= 4 is 49.1 Å². The minimum atomic E-state index is -3.52. The number of carbonyl (C=O) groups is 1. The summed E-state index contributed by atoms with van der Waals surface area (Å²) in [6.07, 6.45) is 3.70. The number of para-hydroxylation sites is 1. The van der Waals surface area contributed by atoms with E-state index in [1.54, 1.807) is 0 Å².